The second-order valence-electron chi connectivity index (χ2n) is 8.13. The number of rotatable bonds is 11. The topological polar surface area (TPSA) is 49.4 Å². The van der Waals surface area contributed by atoms with E-state index in [9.17, 15) is 9.59 Å². The Balaban J connectivity index is 1.92. The minimum Gasteiger partial charge on any atom is -0.354 e. The second kappa shape index (κ2) is 12.8. The van der Waals surface area contributed by atoms with E-state index in [0.717, 1.165) is 29.5 Å². The van der Waals surface area contributed by atoms with Gasteiger partial charge in [-0.05, 0) is 29.2 Å². The summed E-state index contributed by atoms with van der Waals surface area (Å²) in [7, 11) is 0. The monoisotopic (exact) mass is 462 g/mol. The van der Waals surface area contributed by atoms with E-state index in [1.807, 2.05) is 78.9 Å². The number of nitrogens with zero attached hydrogens (tertiary/aromatic N) is 1. The molecule has 33 heavy (non-hydrogen) atoms. The smallest absolute Gasteiger partial charge is 0.243 e. The number of carbonyl (C=O) groups is 2. The minimum atomic E-state index is -0.626. The lowest BCUT2D eigenvalue weighted by molar-refractivity contribution is -0.140. The van der Waals surface area contributed by atoms with E-state index >= 15 is 0 Å². The van der Waals surface area contributed by atoms with Gasteiger partial charge in [0.05, 0.1) is 6.42 Å². The maximum atomic E-state index is 13.6. The van der Waals surface area contributed by atoms with E-state index in [1.165, 1.54) is 0 Å². The predicted octanol–water partition coefficient (Wildman–Crippen LogP) is 5.44. The van der Waals surface area contributed by atoms with Crippen LogP contribution in [0.15, 0.2) is 84.9 Å². The van der Waals surface area contributed by atoms with Gasteiger partial charge in [-0.25, -0.2) is 0 Å². The van der Waals surface area contributed by atoms with Crippen molar-refractivity contribution in [1.29, 1.82) is 0 Å². The highest BCUT2D eigenvalue weighted by Crippen LogP contribution is 2.20. The third-order valence-electron chi connectivity index (χ3n) is 5.60. The molecule has 0 fully saturated rings. The van der Waals surface area contributed by atoms with E-state index < -0.39 is 6.04 Å². The first kappa shape index (κ1) is 24.5. The first-order chi connectivity index (χ1) is 16.1. The molecule has 172 valence electrons. The Morgan fingerprint density at radius 3 is 2.12 bits per heavy atom. The van der Waals surface area contributed by atoms with Gasteiger partial charge in [-0.15, -0.1) is 0 Å². The average molecular weight is 463 g/mol. The van der Waals surface area contributed by atoms with Crippen LogP contribution in [0.25, 0.3) is 0 Å². The third kappa shape index (κ3) is 7.47. The zero-order valence-corrected chi connectivity index (χ0v) is 19.8. The van der Waals surface area contributed by atoms with E-state index in [2.05, 4.69) is 12.2 Å². The summed E-state index contributed by atoms with van der Waals surface area (Å²) >= 11 is 6.34. The van der Waals surface area contributed by atoms with Crippen molar-refractivity contribution in [3.8, 4) is 0 Å². The van der Waals surface area contributed by atoms with Gasteiger partial charge in [0.2, 0.25) is 11.8 Å². The van der Waals surface area contributed by atoms with Crippen LogP contribution >= 0.6 is 11.6 Å². The summed E-state index contributed by atoms with van der Waals surface area (Å²) in [6, 6.07) is 26.3. The highest BCUT2D eigenvalue weighted by Gasteiger charge is 2.30. The Hall–Kier alpha value is -3.11. The zero-order valence-electron chi connectivity index (χ0n) is 19.0. The first-order valence-electron chi connectivity index (χ1n) is 11.5. The summed E-state index contributed by atoms with van der Waals surface area (Å²) in [5.41, 5.74) is 2.74. The van der Waals surface area contributed by atoms with Crippen molar-refractivity contribution in [2.24, 2.45) is 0 Å². The molecule has 0 saturated carbocycles. The first-order valence-corrected chi connectivity index (χ1v) is 11.8. The molecule has 0 aromatic heterocycles. The van der Waals surface area contributed by atoms with Crippen molar-refractivity contribution in [1.82, 2.24) is 10.2 Å². The Bertz CT molecular complexity index is 1020. The summed E-state index contributed by atoms with van der Waals surface area (Å²) in [4.78, 5) is 28.7. The van der Waals surface area contributed by atoms with Crippen LogP contribution < -0.4 is 5.32 Å². The number of nitrogens with one attached hydrogen (secondary N) is 1. The summed E-state index contributed by atoms with van der Waals surface area (Å²) in [6.45, 7) is 3.03. The van der Waals surface area contributed by atoms with Gasteiger partial charge < -0.3 is 10.2 Å². The number of benzene rings is 3. The van der Waals surface area contributed by atoms with Crippen molar-refractivity contribution in [2.45, 2.75) is 45.2 Å². The van der Waals surface area contributed by atoms with Crippen molar-refractivity contribution in [2.75, 3.05) is 6.54 Å². The van der Waals surface area contributed by atoms with Crippen LogP contribution in [0.3, 0.4) is 0 Å². The molecule has 0 spiro atoms. The van der Waals surface area contributed by atoms with Gasteiger partial charge in [0.25, 0.3) is 0 Å². The van der Waals surface area contributed by atoms with Gasteiger partial charge in [0.15, 0.2) is 0 Å². The van der Waals surface area contributed by atoms with Crippen molar-refractivity contribution in [3.63, 3.8) is 0 Å². The largest absolute Gasteiger partial charge is 0.354 e. The van der Waals surface area contributed by atoms with Gasteiger partial charge in [0.1, 0.15) is 6.04 Å². The molecule has 1 N–H and O–H groups in total. The van der Waals surface area contributed by atoms with Crippen LogP contribution in [0.2, 0.25) is 5.02 Å². The molecule has 0 aliphatic rings. The van der Waals surface area contributed by atoms with Crippen LogP contribution in [0.5, 0.6) is 0 Å². The third-order valence-corrected chi connectivity index (χ3v) is 5.96. The van der Waals surface area contributed by atoms with Gasteiger partial charge in [-0.1, -0.05) is 104 Å². The maximum Gasteiger partial charge on any atom is 0.243 e. The lowest BCUT2D eigenvalue weighted by Crippen LogP contribution is -2.51. The highest BCUT2D eigenvalue weighted by atomic mass is 35.5. The Morgan fingerprint density at radius 1 is 0.879 bits per heavy atom. The van der Waals surface area contributed by atoms with Crippen LogP contribution in [-0.4, -0.2) is 29.3 Å². The highest BCUT2D eigenvalue weighted by molar-refractivity contribution is 6.31. The Morgan fingerprint density at radius 2 is 1.48 bits per heavy atom. The van der Waals surface area contributed by atoms with E-state index in [4.69, 9.17) is 11.6 Å². The molecule has 0 bridgehead atoms. The fraction of sp³-hybridized carbons (Fsp3) is 0.286. The molecule has 0 heterocycles. The number of amides is 2. The van der Waals surface area contributed by atoms with E-state index in [1.54, 1.807) is 11.0 Å². The van der Waals surface area contributed by atoms with Gasteiger partial charge in [0, 0.05) is 24.5 Å². The molecule has 0 aliphatic heterocycles. The molecular weight excluding hydrogens is 432 g/mol. The molecule has 0 radical (unpaired) electrons. The van der Waals surface area contributed by atoms with Gasteiger partial charge in [-0.2, -0.15) is 0 Å². The fourth-order valence-electron chi connectivity index (χ4n) is 3.75. The molecule has 1 atom stereocenters. The summed E-state index contributed by atoms with van der Waals surface area (Å²) in [6.07, 6.45) is 2.47. The summed E-state index contributed by atoms with van der Waals surface area (Å²) in [5.74, 6) is -0.255. The molecule has 0 unspecified atom stereocenters. The molecule has 3 aromatic carbocycles. The van der Waals surface area contributed by atoms with Crippen LogP contribution in [-0.2, 0) is 29.0 Å². The Labute approximate surface area is 201 Å². The summed E-state index contributed by atoms with van der Waals surface area (Å²) < 4.78 is 0. The maximum absolute atomic E-state index is 13.6. The number of unbranched alkanes of at least 4 members (excludes halogenated alkanes) is 1. The normalized spacial score (nSPS) is 11.6. The molecular formula is C28H31ClN2O2. The molecule has 0 saturated heterocycles. The molecule has 3 aromatic rings. The fourth-order valence-corrected chi connectivity index (χ4v) is 3.95. The molecule has 5 heteroatoms. The molecule has 4 nitrogen and oxygen atoms in total. The average Bonchev–Trinajstić information content (AvgIpc) is 2.84. The van der Waals surface area contributed by atoms with E-state index in [0.29, 0.717) is 24.5 Å². The van der Waals surface area contributed by atoms with Crippen LogP contribution in [0.4, 0.5) is 0 Å². The lowest BCUT2D eigenvalue weighted by atomic mass is 10.0. The van der Waals surface area contributed by atoms with Gasteiger partial charge >= 0.3 is 0 Å². The number of halogens is 1. The van der Waals surface area contributed by atoms with Crippen LogP contribution in [0.1, 0.15) is 36.5 Å². The van der Waals surface area contributed by atoms with Gasteiger partial charge in [-0.3, -0.25) is 9.59 Å². The molecule has 3 rings (SSSR count). The van der Waals surface area contributed by atoms with Crippen molar-refractivity contribution >= 4 is 23.4 Å². The quantitative estimate of drug-likeness (QED) is 0.386. The summed E-state index contributed by atoms with van der Waals surface area (Å²) in [5, 5.41) is 3.59. The predicted molar refractivity (Wildman–Crippen MR) is 134 cm³/mol. The SMILES string of the molecule is CCCCNC(=O)[C@H](Cc1ccccc1)N(Cc1ccccc1)C(=O)Cc1ccccc1Cl. The zero-order chi connectivity index (χ0) is 23.5. The van der Waals surface area contributed by atoms with E-state index in [-0.39, 0.29) is 18.2 Å². The number of hydrogen-bond donors (Lipinski definition) is 1. The van der Waals surface area contributed by atoms with Crippen molar-refractivity contribution in [3.05, 3.63) is 107 Å². The minimum absolute atomic E-state index is 0.126. The number of hydrogen-bond acceptors (Lipinski definition) is 2. The standard InChI is InChI=1S/C28H31ClN2O2/c1-2-3-18-30-28(33)26(19-22-12-6-4-7-13-22)31(21-23-14-8-5-9-15-23)27(32)20-24-16-10-11-17-25(24)29/h4-17,26H,2-3,18-21H2,1H3,(H,30,33)/t26-/m0/s1. The van der Waals surface area contributed by atoms with Crippen molar-refractivity contribution < 1.29 is 9.59 Å². The molecule has 2 amide bonds. The lowest BCUT2D eigenvalue weighted by Gasteiger charge is -2.32. The second-order valence-corrected chi connectivity index (χ2v) is 8.53. The molecule has 0 aliphatic carbocycles. The Kier molecular flexibility index (Phi) is 9.52. The van der Waals surface area contributed by atoms with Crippen LogP contribution in [0, 0.1) is 0 Å². The number of carbonyl (C=O) groups excluding carboxylic acids is 2.